The molecule has 17 heavy (non-hydrogen) atoms. The van der Waals surface area contributed by atoms with Gasteiger partial charge in [0.1, 0.15) is 0 Å². The number of ether oxygens (including phenoxy) is 1. The van der Waals surface area contributed by atoms with Crippen LogP contribution in [0.3, 0.4) is 0 Å². The first-order valence-corrected chi connectivity index (χ1v) is 6.37. The fourth-order valence-corrected chi connectivity index (χ4v) is 2.18. The van der Waals surface area contributed by atoms with Gasteiger partial charge in [-0.3, -0.25) is 4.79 Å². The number of nitrogens with one attached hydrogen (secondary N) is 2. The number of piperidine rings is 1. The lowest BCUT2D eigenvalue weighted by molar-refractivity contribution is -0.120. The lowest BCUT2D eigenvalue weighted by atomic mass is 9.98. The molecule has 2 N–H and O–H groups in total. The predicted octanol–water partition coefficient (Wildman–Crippen LogP) is -0.320. The maximum absolute atomic E-state index is 11.4. The van der Waals surface area contributed by atoms with Crippen molar-refractivity contribution in [2.45, 2.75) is 12.8 Å². The van der Waals surface area contributed by atoms with Gasteiger partial charge in [0.05, 0.1) is 13.2 Å². The Morgan fingerprint density at radius 1 is 1.53 bits per heavy atom. The van der Waals surface area contributed by atoms with Crippen LogP contribution >= 0.6 is 0 Å². The Morgan fingerprint density at radius 2 is 2.35 bits per heavy atom. The van der Waals surface area contributed by atoms with Gasteiger partial charge in [0.25, 0.3) is 0 Å². The highest BCUT2D eigenvalue weighted by molar-refractivity contribution is 5.77. The Bertz CT molecular complexity index is 224. The van der Waals surface area contributed by atoms with E-state index in [1.165, 1.54) is 19.4 Å². The fraction of sp³-hybridized carbons (Fsp3) is 0.917. The van der Waals surface area contributed by atoms with Crippen LogP contribution in [0, 0.1) is 5.92 Å². The van der Waals surface area contributed by atoms with Gasteiger partial charge in [-0.2, -0.15) is 0 Å². The Balaban J connectivity index is 2.00. The normalized spacial score (nSPS) is 21.4. The van der Waals surface area contributed by atoms with Crippen LogP contribution in [0.15, 0.2) is 0 Å². The van der Waals surface area contributed by atoms with Crippen LogP contribution in [0.5, 0.6) is 0 Å². The van der Waals surface area contributed by atoms with E-state index >= 15 is 0 Å². The van der Waals surface area contributed by atoms with Crippen molar-refractivity contribution in [2.75, 3.05) is 53.5 Å². The molecule has 1 rings (SSSR count). The number of carbonyl (C=O) groups is 1. The average molecular weight is 243 g/mol. The van der Waals surface area contributed by atoms with Gasteiger partial charge in [0.2, 0.25) is 5.91 Å². The molecule has 1 amide bonds. The lowest BCUT2D eigenvalue weighted by Crippen LogP contribution is -2.41. The summed E-state index contributed by atoms with van der Waals surface area (Å²) in [6, 6.07) is 0. The minimum absolute atomic E-state index is 0.0474. The summed E-state index contributed by atoms with van der Waals surface area (Å²) in [6.45, 7) is 4.83. The molecule has 1 fully saturated rings. The van der Waals surface area contributed by atoms with Crippen LogP contribution in [0.4, 0.5) is 0 Å². The van der Waals surface area contributed by atoms with E-state index in [1.807, 2.05) is 0 Å². The average Bonchev–Trinajstić information content (AvgIpc) is 2.29. The van der Waals surface area contributed by atoms with Crippen LogP contribution in [0.2, 0.25) is 0 Å². The Hall–Kier alpha value is -0.650. The van der Waals surface area contributed by atoms with Gasteiger partial charge in [-0.1, -0.05) is 0 Å². The van der Waals surface area contributed by atoms with Crippen molar-refractivity contribution in [3.63, 3.8) is 0 Å². The van der Waals surface area contributed by atoms with Crippen molar-refractivity contribution >= 4 is 5.91 Å². The maximum Gasteiger partial charge on any atom is 0.234 e. The topological polar surface area (TPSA) is 53.6 Å². The van der Waals surface area contributed by atoms with E-state index in [2.05, 4.69) is 22.6 Å². The monoisotopic (exact) mass is 243 g/mol. The number of carbonyl (C=O) groups excluding carboxylic acids is 1. The zero-order chi connectivity index (χ0) is 12.5. The summed E-state index contributed by atoms with van der Waals surface area (Å²) in [4.78, 5) is 13.7. The molecule has 1 unspecified atom stereocenters. The molecule has 1 atom stereocenters. The van der Waals surface area contributed by atoms with E-state index in [9.17, 15) is 4.79 Å². The Morgan fingerprint density at radius 3 is 3.06 bits per heavy atom. The summed E-state index contributed by atoms with van der Waals surface area (Å²) >= 11 is 0. The second-order valence-electron chi connectivity index (χ2n) is 4.74. The Kier molecular flexibility index (Phi) is 7.16. The second-order valence-corrected chi connectivity index (χ2v) is 4.74. The molecule has 0 saturated carbocycles. The number of hydrogen-bond acceptors (Lipinski definition) is 4. The summed E-state index contributed by atoms with van der Waals surface area (Å²) in [6.07, 6.45) is 2.53. The number of rotatable bonds is 7. The largest absolute Gasteiger partial charge is 0.383 e. The van der Waals surface area contributed by atoms with Crippen LogP contribution in [-0.2, 0) is 9.53 Å². The highest BCUT2D eigenvalue weighted by Gasteiger charge is 2.16. The summed E-state index contributed by atoms with van der Waals surface area (Å²) in [7, 11) is 3.79. The highest BCUT2D eigenvalue weighted by atomic mass is 16.5. The number of likely N-dealkylation sites (tertiary alicyclic amines) is 1. The molecule has 0 spiro atoms. The molecular weight excluding hydrogens is 218 g/mol. The minimum Gasteiger partial charge on any atom is -0.383 e. The van der Waals surface area contributed by atoms with E-state index in [4.69, 9.17) is 4.74 Å². The van der Waals surface area contributed by atoms with Gasteiger partial charge in [-0.05, 0) is 38.9 Å². The minimum atomic E-state index is 0.0474. The van der Waals surface area contributed by atoms with Crippen molar-refractivity contribution in [3.8, 4) is 0 Å². The van der Waals surface area contributed by atoms with Crippen LogP contribution in [-0.4, -0.2) is 64.3 Å². The smallest absolute Gasteiger partial charge is 0.234 e. The first-order chi connectivity index (χ1) is 8.22. The Labute approximate surface area is 104 Å². The van der Waals surface area contributed by atoms with Crippen LogP contribution in [0.1, 0.15) is 12.8 Å². The molecule has 5 heteroatoms. The lowest BCUT2D eigenvalue weighted by Gasteiger charge is -2.29. The number of amides is 1. The number of hydrogen-bond donors (Lipinski definition) is 2. The number of nitrogens with zero attached hydrogens (tertiary/aromatic N) is 1. The van der Waals surface area contributed by atoms with Crippen molar-refractivity contribution < 1.29 is 9.53 Å². The third-order valence-electron chi connectivity index (χ3n) is 3.07. The molecule has 100 valence electrons. The van der Waals surface area contributed by atoms with E-state index in [1.54, 1.807) is 7.11 Å². The standard InChI is InChI=1S/C12H25N3O2/c1-15-6-3-4-11(10-15)8-13-9-12(16)14-5-7-17-2/h11,13H,3-10H2,1-2H3,(H,14,16). The van der Waals surface area contributed by atoms with Gasteiger partial charge in [0.15, 0.2) is 0 Å². The predicted molar refractivity (Wildman–Crippen MR) is 68.0 cm³/mol. The van der Waals surface area contributed by atoms with Crippen LogP contribution in [0.25, 0.3) is 0 Å². The van der Waals surface area contributed by atoms with Crippen molar-refractivity contribution in [1.29, 1.82) is 0 Å². The van der Waals surface area contributed by atoms with Gasteiger partial charge in [-0.25, -0.2) is 0 Å². The molecular formula is C12H25N3O2. The first kappa shape index (κ1) is 14.4. The second kappa shape index (κ2) is 8.44. The summed E-state index contributed by atoms with van der Waals surface area (Å²) < 4.78 is 4.86. The molecule has 1 saturated heterocycles. The molecule has 1 aliphatic rings. The van der Waals surface area contributed by atoms with Gasteiger partial charge in [0, 0.05) is 20.2 Å². The molecule has 0 aromatic heterocycles. The fourth-order valence-electron chi connectivity index (χ4n) is 2.18. The molecule has 0 aliphatic carbocycles. The molecule has 0 radical (unpaired) electrons. The molecule has 0 aromatic carbocycles. The SMILES string of the molecule is COCCNC(=O)CNCC1CCCN(C)C1. The number of methoxy groups -OCH3 is 1. The summed E-state index contributed by atoms with van der Waals surface area (Å²) in [5.41, 5.74) is 0. The molecule has 0 aromatic rings. The van der Waals surface area contributed by atoms with Crippen molar-refractivity contribution in [3.05, 3.63) is 0 Å². The molecule has 0 bridgehead atoms. The first-order valence-electron chi connectivity index (χ1n) is 6.37. The third kappa shape index (κ3) is 6.61. The highest BCUT2D eigenvalue weighted by Crippen LogP contribution is 2.13. The summed E-state index contributed by atoms with van der Waals surface area (Å²) in [5, 5.41) is 6.02. The molecule has 1 aliphatic heterocycles. The van der Waals surface area contributed by atoms with Crippen molar-refractivity contribution in [1.82, 2.24) is 15.5 Å². The van der Waals surface area contributed by atoms with E-state index in [0.717, 1.165) is 13.1 Å². The van der Waals surface area contributed by atoms with E-state index in [-0.39, 0.29) is 5.91 Å². The zero-order valence-electron chi connectivity index (χ0n) is 11.0. The molecule has 1 heterocycles. The van der Waals surface area contributed by atoms with Crippen molar-refractivity contribution in [2.24, 2.45) is 5.92 Å². The third-order valence-corrected chi connectivity index (χ3v) is 3.07. The van der Waals surface area contributed by atoms with Gasteiger partial charge < -0.3 is 20.3 Å². The molecule has 5 nitrogen and oxygen atoms in total. The zero-order valence-corrected chi connectivity index (χ0v) is 11.0. The van der Waals surface area contributed by atoms with Crippen LogP contribution < -0.4 is 10.6 Å². The quantitative estimate of drug-likeness (QED) is 0.602. The van der Waals surface area contributed by atoms with Gasteiger partial charge >= 0.3 is 0 Å². The van der Waals surface area contributed by atoms with Gasteiger partial charge in [-0.15, -0.1) is 0 Å². The summed E-state index contributed by atoms with van der Waals surface area (Å²) in [5.74, 6) is 0.728. The maximum atomic E-state index is 11.4. The van der Waals surface area contributed by atoms with E-state index in [0.29, 0.717) is 25.6 Å². The van der Waals surface area contributed by atoms with E-state index < -0.39 is 0 Å².